The Kier molecular flexibility index (Phi) is 4.53. The quantitative estimate of drug-likeness (QED) is 0.930. The Labute approximate surface area is 117 Å². The molecule has 2 aromatic rings. The predicted molar refractivity (Wildman–Crippen MR) is 76.4 cm³/mol. The minimum absolute atomic E-state index is 0.194. The largest absolute Gasteiger partial charge is 0.351 e. The van der Waals surface area contributed by atoms with Crippen molar-refractivity contribution in [2.45, 2.75) is 12.8 Å². The van der Waals surface area contributed by atoms with Gasteiger partial charge in [0, 0.05) is 18.9 Å². The maximum atomic E-state index is 12.0. The van der Waals surface area contributed by atoms with Gasteiger partial charge in [0.25, 0.3) is 5.91 Å². The third-order valence-electron chi connectivity index (χ3n) is 2.95. The zero-order valence-corrected chi connectivity index (χ0v) is 11.4. The molecule has 0 fully saturated rings. The van der Waals surface area contributed by atoms with E-state index >= 15 is 0 Å². The minimum atomic E-state index is -0.194. The van der Waals surface area contributed by atoms with Gasteiger partial charge in [-0.3, -0.25) is 9.78 Å². The summed E-state index contributed by atoms with van der Waals surface area (Å²) in [4.78, 5) is 15.9. The van der Waals surface area contributed by atoms with Crippen LogP contribution < -0.4 is 5.32 Å². The van der Waals surface area contributed by atoms with Gasteiger partial charge in [0.1, 0.15) is 0 Å². The number of amides is 1. The third-order valence-corrected chi connectivity index (χ3v) is 3.28. The number of halogens is 1. The maximum absolute atomic E-state index is 12.0. The molecule has 0 spiro atoms. The van der Waals surface area contributed by atoms with Crippen LogP contribution in [-0.4, -0.2) is 17.4 Å². The summed E-state index contributed by atoms with van der Waals surface area (Å²) in [5.74, 6) is 0.0569. The number of pyridine rings is 1. The van der Waals surface area contributed by atoms with Crippen LogP contribution in [0.15, 0.2) is 48.8 Å². The standard InChI is InChI=1S/C15H15ClN2O/c1-11(12-5-3-2-4-6-12)9-18-15(19)13-10-17-8-7-14(13)16/h2-8,10-11H,9H2,1H3,(H,18,19). The monoisotopic (exact) mass is 274 g/mol. The molecule has 1 amide bonds. The van der Waals surface area contributed by atoms with Gasteiger partial charge in [-0.25, -0.2) is 0 Å². The summed E-state index contributed by atoms with van der Waals surface area (Å²) in [6.07, 6.45) is 3.04. The lowest BCUT2D eigenvalue weighted by atomic mass is 10.0. The highest BCUT2D eigenvalue weighted by Gasteiger charge is 2.12. The molecule has 98 valence electrons. The van der Waals surface area contributed by atoms with Gasteiger partial charge in [0.2, 0.25) is 0 Å². The first-order valence-corrected chi connectivity index (χ1v) is 6.49. The Balaban J connectivity index is 1.96. The van der Waals surface area contributed by atoms with Crippen LogP contribution in [0.25, 0.3) is 0 Å². The van der Waals surface area contributed by atoms with Gasteiger partial charge in [-0.2, -0.15) is 0 Å². The predicted octanol–water partition coefficient (Wildman–Crippen LogP) is 3.27. The van der Waals surface area contributed by atoms with E-state index in [1.165, 1.54) is 11.8 Å². The number of hydrogen-bond acceptors (Lipinski definition) is 2. The second-order valence-corrected chi connectivity index (χ2v) is 4.78. The summed E-state index contributed by atoms with van der Waals surface area (Å²) in [6, 6.07) is 11.7. The lowest BCUT2D eigenvalue weighted by Crippen LogP contribution is -2.27. The van der Waals surface area contributed by atoms with Gasteiger partial charge in [-0.1, -0.05) is 48.9 Å². The van der Waals surface area contributed by atoms with Crippen LogP contribution in [0.2, 0.25) is 5.02 Å². The molecule has 0 aliphatic heterocycles. The van der Waals surface area contributed by atoms with Gasteiger partial charge < -0.3 is 5.32 Å². The number of nitrogens with one attached hydrogen (secondary N) is 1. The maximum Gasteiger partial charge on any atom is 0.254 e. The third kappa shape index (κ3) is 3.55. The van der Waals surface area contributed by atoms with Crippen LogP contribution in [0.3, 0.4) is 0 Å². The highest BCUT2D eigenvalue weighted by atomic mass is 35.5. The number of nitrogens with zero attached hydrogens (tertiary/aromatic N) is 1. The molecule has 0 aliphatic carbocycles. The SMILES string of the molecule is CC(CNC(=O)c1cnccc1Cl)c1ccccc1. The summed E-state index contributed by atoms with van der Waals surface area (Å²) >= 11 is 5.95. The average Bonchev–Trinajstić information content (AvgIpc) is 2.46. The first kappa shape index (κ1) is 13.6. The minimum Gasteiger partial charge on any atom is -0.351 e. The van der Waals surface area contributed by atoms with E-state index in [4.69, 9.17) is 11.6 Å². The van der Waals surface area contributed by atoms with E-state index in [9.17, 15) is 4.79 Å². The zero-order valence-electron chi connectivity index (χ0n) is 10.6. The van der Waals surface area contributed by atoms with Gasteiger partial charge in [-0.15, -0.1) is 0 Å². The lowest BCUT2D eigenvalue weighted by Gasteiger charge is -2.13. The molecule has 0 saturated carbocycles. The Morgan fingerprint density at radius 3 is 2.74 bits per heavy atom. The molecule has 2 rings (SSSR count). The first-order valence-electron chi connectivity index (χ1n) is 6.11. The van der Waals surface area contributed by atoms with Crippen molar-refractivity contribution < 1.29 is 4.79 Å². The topological polar surface area (TPSA) is 42.0 Å². The van der Waals surface area contributed by atoms with Crippen LogP contribution in [0.1, 0.15) is 28.8 Å². The Morgan fingerprint density at radius 2 is 2.05 bits per heavy atom. The van der Waals surface area contributed by atoms with Gasteiger partial charge in [0.05, 0.1) is 10.6 Å². The fraction of sp³-hybridized carbons (Fsp3) is 0.200. The summed E-state index contributed by atoms with van der Waals surface area (Å²) in [7, 11) is 0. The van der Waals surface area contributed by atoms with Crippen LogP contribution in [-0.2, 0) is 0 Å². The highest BCUT2D eigenvalue weighted by molar-refractivity contribution is 6.33. The van der Waals surface area contributed by atoms with E-state index in [1.54, 1.807) is 12.3 Å². The van der Waals surface area contributed by atoms with Crippen LogP contribution in [0, 0.1) is 0 Å². The molecule has 0 bridgehead atoms. The second-order valence-electron chi connectivity index (χ2n) is 4.38. The fourth-order valence-electron chi connectivity index (χ4n) is 1.79. The van der Waals surface area contributed by atoms with E-state index in [0.29, 0.717) is 17.1 Å². The molecule has 1 unspecified atom stereocenters. The van der Waals surface area contributed by atoms with Crippen molar-refractivity contribution in [3.8, 4) is 0 Å². The summed E-state index contributed by atoms with van der Waals surface area (Å²) in [5.41, 5.74) is 1.60. The van der Waals surface area contributed by atoms with Crippen molar-refractivity contribution in [1.82, 2.24) is 10.3 Å². The molecule has 3 nitrogen and oxygen atoms in total. The van der Waals surface area contributed by atoms with Gasteiger partial charge in [-0.05, 0) is 17.5 Å². The number of carbonyl (C=O) groups is 1. The van der Waals surface area contributed by atoms with E-state index in [-0.39, 0.29) is 11.8 Å². The number of aromatic nitrogens is 1. The summed E-state index contributed by atoms with van der Waals surface area (Å²) in [5, 5.41) is 3.29. The number of carbonyl (C=O) groups excluding carboxylic acids is 1. The van der Waals surface area contributed by atoms with Crippen molar-refractivity contribution in [3.63, 3.8) is 0 Å². The number of benzene rings is 1. The van der Waals surface area contributed by atoms with Gasteiger partial charge >= 0.3 is 0 Å². The van der Waals surface area contributed by atoms with Crippen LogP contribution in [0.4, 0.5) is 0 Å². The number of hydrogen-bond donors (Lipinski definition) is 1. The molecule has 4 heteroatoms. The molecular weight excluding hydrogens is 260 g/mol. The summed E-state index contributed by atoms with van der Waals surface area (Å²) in [6.45, 7) is 2.63. The zero-order chi connectivity index (χ0) is 13.7. The van der Waals surface area contributed by atoms with Crippen LogP contribution >= 0.6 is 11.6 Å². The van der Waals surface area contributed by atoms with E-state index in [0.717, 1.165) is 0 Å². The number of rotatable bonds is 4. The second kappa shape index (κ2) is 6.34. The fourth-order valence-corrected chi connectivity index (χ4v) is 1.98. The highest BCUT2D eigenvalue weighted by Crippen LogP contribution is 2.15. The van der Waals surface area contributed by atoms with E-state index in [2.05, 4.69) is 17.2 Å². The van der Waals surface area contributed by atoms with Gasteiger partial charge in [0.15, 0.2) is 0 Å². The molecule has 1 atom stereocenters. The van der Waals surface area contributed by atoms with Crippen molar-refractivity contribution >= 4 is 17.5 Å². The Bertz CT molecular complexity index is 557. The molecule has 1 aromatic heterocycles. The Morgan fingerprint density at radius 1 is 1.32 bits per heavy atom. The molecule has 1 N–H and O–H groups in total. The molecule has 19 heavy (non-hydrogen) atoms. The molecule has 0 saturated heterocycles. The molecule has 0 aliphatic rings. The van der Waals surface area contributed by atoms with E-state index < -0.39 is 0 Å². The molecule has 1 heterocycles. The summed E-state index contributed by atoms with van der Waals surface area (Å²) < 4.78 is 0. The Hall–Kier alpha value is -1.87. The lowest BCUT2D eigenvalue weighted by molar-refractivity contribution is 0.0951. The molecule has 0 radical (unpaired) electrons. The van der Waals surface area contributed by atoms with Crippen molar-refractivity contribution in [2.75, 3.05) is 6.54 Å². The van der Waals surface area contributed by atoms with E-state index in [1.807, 2.05) is 30.3 Å². The molecule has 1 aromatic carbocycles. The smallest absolute Gasteiger partial charge is 0.254 e. The van der Waals surface area contributed by atoms with Crippen molar-refractivity contribution in [1.29, 1.82) is 0 Å². The van der Waals surface area contributed by atoms with Crippen molar-refractivity contribution in [3.05, 3.63) is 64.9 Å². The normalized spacial score (nSPS) is 11.9. The molecular formula is C15H15ClN2O. The van der Waals surface area contributed by atoms with Crippen molar-refractivity contribution in [2.24, 2.45) is 0 Å². The van der Waals surface area contributed by atoms with Crippen LogP contribution in [0.5, 0.6) is 0 Å². The first-order chi connectivity index (χ1) is 9.18. The average molecular weight is 275 g/mol.